The quantitative estimate of drug-likeness (QED) is 0.818. The Kier molecular flexibility index (Phi) is 6.01. The van der Waals surface area contributed by atoms with E-state index in [2.05, 4.69) is 10.6 Å². The number of carbonyl (C=O) groups excluding carboxylic acids is 1. The molecule has 1 aromatic rings. The Balaban J connectivity index is 2.36. The Bertz CT molecular complexity index is 706. The highest BCUT2D eigenvalue weighted by molar-refractivity contribution is 7.89. The van der Waals surface area contributed by atoms with Crippen molar-refractivity contribution in [3.05, 3.63) is 23.3 Å². The molecule has 0 aromatic heterocycles. The van der Waals surface area contributed by atoms with E-state index < -0.39 is 10.0 Å². The van der Waals surface area contributed by atoms with Gasteiger partial charge in [0.15, 0.2) is 0 Å². The molecule has 1 unspecified atom stereocenters. The molecule has 1 aliphatic heterocycles. The largest absolute Gasteiger partial charge is 0.326 e. The summed E-state index contributed by atoms with van der Waals surface area (Å²) in [5.74, 6) is -0.118. The fourth-order valence-electron chi connectivity index (χ4n) is 2.93. The van der Waals surface area contributed by atoms with Crippen molar-refractivity contribution in [1.29, 1.82) is 0 Å². The zero-order chi connectivity index (χ0) is 17.9. The number of sulfonamides is 1. The van der Waals surface area contributed by atoms with Gasteiger partial charge in [-0.1, -0.05) is 13.8 Å². The summed E-state index contributed by atoms with van der Waals surface area (Å²) in [6.45, 7) is 9.74. The van der Waals surface area contributed by atoms with Crippen LogP contribution in [0.25, 0.3) is 0 Å². The van der Waals surface area contributed by atoms with E-state index in [4.69, 9.17) is 0 Å². The summed E-state index contributed by atoms with van der Waals surface area (Å²) in [6.07, 6.45) is 0.807. The highest BCUT2D eigenvalue weighted by atomic mass is 32.2. The summed E-state index contributed by atoms with van der Waals surface area (Å²) in [5, 5.41) is 6.09. The average Bonchev–Trinajstić information content (AvgIpc) is 3.06. The molecule has 0 aliphatic carbocycles. The summed E-state index contributed by atoms with van der Waals surface area (Å²) in [6, 6.07) is 3.26. The van der Waals surface area contributed by atoms with Crippen molar-refractivity contribution in [2.75, 3.05) is 31.5 Å². The molecular formula is C17H27N3O3S. The molecule has 0 bridgehead atoms. The molecule has 1 fully saturated rings. The molecule has 2 N–H and O–H groups in total. The maximum atomic E-state index is 12.8. The van der Waals surface area contributed by atoms with Gasteiger partial charge in [-0.25, -0.2) is 8.42 Å². The maximum absolute atomic E-state index is 12.8. The van der Waals surface area contributed by atoms with Gasteiger partial charge in [-0.15, -0.1) is 0 Å². The zero-order valence-electron chi connectivity index (χ0n) is 14.8. The summed E-state index contributed by atoms with van der Waals surface area (Å²) < 4.78 is 26.9. The van der Waals surface area contributed by atoms with Crippen molar-refractivity contribution in [1.82, 2.24) is 9.62 Å². The van der Waals surface area contributed by atoms with Gasteiger partial charge in [-0.05, 0) is 50.1 Å². The lowest BCUT2D eigenvalue weighted by Gasteiger charge is -2.21. The third-order valence-electron chi connectivity index (χ3n) is 4.67. The number of nitrogens with zero attached hydrogens (tertiary/aromatic N) is 1. The zero-order valence-corrected chi connectivity index (χ0v) is 15.7. The molecule has 1 aromatic carbocycles. The fraction of sp³-hybridized carbons (Fsp3) is 0.588. The average molecular weight is 353 g/mol. The second-order valence-electron chi connectivity index (χ2n) is 6.18. The van der Waals surface area contributed by atoms with Gasteiger partial charge in [0.25, 0.3) is 0 Å². The van der Waals surface area contributed by atoms with Gasteiger partial charge in [0.2, 0.25) is 15.9 Å². The molecule has 134 valence electrons. The van der Waals surface area contributed by atoms with Gasteiger partial charge < -0.3 is 10.6 Å². The van der Waals surface area contributed by atoms with E-state index in [1.807, 2.05) is 27.7 Å². The number of carbonyl (C=O) groups is 1. The van der Waals surface area contributed by atoms with Crippen LogP contribution in [-0.2, 0) is 14.8 Å². The highest BCUT2D eigenvalue weighted by Gasteiger charge is 2.26. The monoisotopic (exact) mass is 353 g/mol. The van der Waals surface area contributed by atoms with Crippen LogP contribution in [0.2, 0.25) is 0 Å². The first-order valence-corrected chi connectivity index (χ1v) is 9.88. The van der Waals surface area contributed by atoms with E-state index in [0.717, 1.165) is 24.1 Å². The van der Waals surface area contributed by atoms with E-state index in [0.29, 0.717) is 25.3 Å². The van der Waals surface area contributed by atoms with Crippen LogP contribution >= 0.6 is 0 Å². The van der Waals surface area contributed by atoms with Crippen LogP contribution < -0.4 is 10.6 Å². The van der Waals surface area contributed by atoms with Crippen molar-refractivity contribution >= 4 is 21.6 Å². The number of hydrogen-bond donors (Lipinski definition) is 2. The molecular weight excluding hydrogens is 326 g/mol. The Labute approximate surface area is 144 Å². The van der Waals surface area contributed by atoms with Crippen molar-refractivity contribution < 1.29 is 13.2 Å². The predicted molar refractivity (Wildman–Crippen MR) is 95.6 cm³/mol. The molecule has 0 radical (unpaired) electrons. The van der Waals surface area contributed by atoms with Crippen LogP contribution in [-0.4, -0.2) is 44.8 Å². The number of benzene rings is 1. The van der Waals surface area contributed by atoms with Crippen molar-refractivity contribution in [2.45, 2.75) is 39.0 Å². The SMILES string of the molecule is CCN(CC)S(=O)(=O)c1cc(C)c(C)c(NC(=O)C2CCNC2)c1. The molecule has 1 amide bonds. The molecule has 2 rings (SSSR count). The molecule has 7 heteroatoms. The molecule has 6 nitrogen and oxygen atoms in total. The minimum absolute atomic E-state index is 0.0557. The smallest absolute Gasteiger partial charge is 0.243 e. The van der Waals surface area contributed by atoms with E-state index in [1.54, 1.807) is 12.1 Å². The van der Waals surface area contributed by atoms with E-state index in [9.17, 15) is 13.2 Å². The maximum Gasteiger partial charge on any atom is 0.243 e. The van der Waals surface area contributed by atoms with Crippen LogP contribution in [0.5, 0.6) is 0 Å². The van der Waals surface area contributed by atoms with Crippen molar-refractivity contribution in [3.63, 3.8) is 0 Å². The Hall–Kier alpha value is -1.44. The van der Waals surface area contributed by atoms with Crippen LogP contribution in [0.3, 0.4) is 0 Å². The Morgan fingerprint density at radius 2 is 1.96 bits per heavy atom. The topological polar surface area (TPSA) is 78.5 Å². The highest BCUT2D eigenvalue weighted by Crippen LogP contribution is 2.27. The van der Waals surface area contributed by atoms with Crippen LogP contribution in [0, 0.1) is 19.8 Å². The summed E-state index contributed by atoms with van der Waals surface area (Å²) in [4.78, 5) is 12.6. The van der Waals surface area contributed by atoms with Crippen molar-refractivity contribution in [2.24, 2.45) is 5.92 Å². The van der Waals surface area contributed by atoms with Crippen molar-refractivity contribution in [3.8, 4) is 0 Å². The van der Waals surface area contributed by atoms with Gasteiger partial charge >= 0.3 is 0 Å². The molecule has 0 spiro atoms. The number of rotatable bonds is 6. The molecule has 1 heterocycles. The normalized spacial score (nSPS) is 18.1. The van der Waals surface area contributed by atoms with E-state index in [-0.39, 0.29) is 16.7 Å². The Morgan fingerprint density at radius 1 is 1.29 bits per heavy atom. The van der Waals surface area contributed by atoms with Gasteiger partial charge in [-0.3, -0.25) is 4.79 Å². The standard InChI is InChI=1S/C17H27N3O3S/c1-5-20(6-2)24(22,23)15-9-12(3)13(4)16(10-15)19-17(21)14-7-8-18-11-14/h9-10,14,18H,5-8,11H2,1-4H3,(H,19,21). The third-order valence-corrected chi connectivity index (χ3v) is 6.70. The number of anilines is 1. The van der Waals surface area contributed by atoms with Gasteiger partial charge in [0.1, 0.15) is 0 Å². The number of hydrogen-bond acceptors (Lipinski definition) is 4. The lowest BCUT2D eigenvalue weighted by Crippen LogP contribution is -2.31. The lowest BCUT2D eigenvalue weighted by molar-refractivity contribution is -0.119. The predicted octanol–water partition coefficient (Wildman–Crippen LogP) is 1.88. The van der Waals surface area contributed by atoms with Gasteiger partial charge in [0.05, 0.1) is 10.8 Å². The van der Waals surface area contributed by atoms with Crippen LogP contribution in [0.4, 0.5) is 5.69 Å². The molecule has 1 aliphatic rings. The first kappa shape index (κ1) is 18.9. The molecule has 24 heavy (non-hydrogen) atoms. The van der Waals surface area contributed by atoms with Gasteiger partial charge in [0, 0.05) is 25.3 Å². The first-order chi connectivity index (χ1) is 11.3. The number of aryl methyl sites for hydroxylation is 1. The minimum Gasteiger partial charge on any atom is -0.326 e. The second-order valence-corrected chi connectivity index (χ2v) is 8.12. The summed E-state index contributed by atoms with van der Waals surface area (Å²) >= 11 is 0. The second kappa shape index (κ2) is 7.63. The molecule has 0 saturated carbocycles. The number of nitrogens with one attached hydrogen (secondary N) is 2. The third kappa shape index (κ3) is 3.79. The van der Waals surface area contributed by atoms with Crippen LogP contribution in [0.1, 0.15) is 31.4 Å². The van der Waals surface area contributed by atoms with E-state index in [1.165, 1.54) is 4.31 Å². The molecule has 1 saturated heterocycles. The first-order valence-electron chi connectivity index (χ1n) is 8.44. The summed E-state index contributed by atoms with van der Waals surface area (Å²) in [7, 11) is -3.55. The fourth-order valence-corrected chi connectivity index (χ4v) is 4.50. The minimum atomic E-state index is -3.55. The summed E-state index contributed by atoms with van der Waals surface area (Å²) in [5.41, 5.74) is 2.33. The molecule has 1 atom stereocenters. The number of amides is 1. The Morgan fingerprint density at radius 3 is 2.50 bits per heavy atom. The van der Waals surface area contributed by atoms with Crippen LogP contribution in [0.15, 0.2) is 17.0 Å². The van der Waals surface area contributed by atoms with E-state index >= 15 is 0 Å². The van der Waals surface area contributed by atoms with Gasteiger partial charge in [-0.2, -0.15) is 4.31 Å². The lowest BCUT2D eigenvalue weighted by atomic mass is 10.1.